The molecule has 1 fully saturated rings. The second-order valence-corrected chi connectivity index (χ2v) is 6.31. The highest BCUT2D eigenvalue weighted by molar-refractivity contribution is 5.84. The van der Waals surface area contributed by atoms with E-state index in [2.05, 4.69) is 12.2 Å². The molecule has 0 aromatic heterocycles. The van der Waals surface area contributed by atoms with Gasteiger partial charge >= 0.3 is 5.97 Å². The molecule has 4 nitrogen and oxygen atoms in total. The molecule has 0 bridgehead atoms. The second kappa shape index (κ2) is 8.09. The van der Waals surface area contributed by atoms with Gasteiger partial charge in [-0.05, 0) is 43.4 Å². The fourth-order valence-electron chi connectivity index (χ4n) is 2.89. The number of carbonyl (C=O) groups excluding carboxylic acids is 2. The van der Waals surface area contributed by atoms with E-state index in [0.717, 1.165) is 19.3 Å². The highest BCUT2D eigenvalue weighted by atomic mass is 19.1. The fraction of sp³-hybridized carbons (Fsp3) is 0.556. The molecule has 23 heavy (non-hydrogen) atoms. The van der Waals surface area contributed by atoms with Crippen molar-refractivity contribution in [1.82, 2.24) is 5.32 Å². The number of rotatable bonds is 5. The molecule has 0 spiro atoms. The minimum absolute atomic E-state index is 0.0255. The van der Waals surface area contributed by atoms with Crippen molar-refractivity contribution in [3.8, 4) is 0 Å². The van der Waals surface area contributed by atoms with Crippen LogP contribution in [0.1, 0.15) is 45.1 Å². The number of esters is 1. The van der Waals surface area contributed by atoms with Crippen LogP contribution in [0.5, 0.6) is 0 Å². The highest BCUT2D eigenvalue weighted by Crippen LogP contribution is 2.23. The minimum Gasteiger partial charge on any atom is -0.452 e. The van der Waals surface area contributed by atoms with Crippen LogP contribution in [0.25, 0.3) is 0 Å². The van der Waals surface area contributed by atoms with Gasteiger partial charge in [0.05, 0.1) is 6.42 Å². The summed E-state index contributed by atoms with van der Waals surface area (Å²) in [5.41, 5.74) is 0.657. The van der Waals surface area contributed by atoms with Crippen LogP contribution in [0.15, 0.2) is 24.3 Å². The standard InChI is InChI=1S/C18H24FNO3/c1-12-5-3-4-6-16(12)20-18(22)13(2)23-17(21)11-14-7-9-15(19)10-8-14/h7-10,12-13,16H,3-6,11H2,1-2H3,(H,20,22)/t12-,13-,16-/m0/s1. The van der Waals surface area contributed by atoms with Crippen molar-refractivity contribution in [2.75, 3.05) is 0 Å². The van der Waals surface area contributed by atoms with Crippen LogP contribution < -0.4 is 5.32 Å². The zero-order valence-electron chi connectivity index (χ0n) is 13.7. The maximum Gasteiger partial charge on any atom is 0.311 e. The first kappa shape index (κ1) is 17.4. The van der Waals surface area contributed by atoms with Crippen LogP contribution in [-0.4, -0.2) is 24.0 Å². The number of hydrogen-bond acceptors (Lipinski definition) is 3. The molecule has 3 atom stereocenters. The number of benzene rings is 1. The first-order valence-electron chi connectivity index (χ1n) is 8.20. The summed E-state index contributed by atoms with van der Waals surface area (Å²) >= 11 is 0. The summed E-state index contributed by atoms with van der Waals surface area (Å²) in [4.78, 5) is 24.0. The van der Waals surface area contributed by atoms with Crippen molar-refractivity contribution in [2.24, 2.45) is 5.92 Å². The monoisotopic (exact) mass is 321 g/mol. The van der Waals surface area contributed by atoms with Crippen molar-refractivity contribution in [3.63, 3.8) is 0 Å². The normalized spacial score (nSPS) is 22.2. The summed E-state index contributed by atoms with van der Waals surface area (Å²) in [6.45, 7) is 3.71. The molecule has 1 aliphatic rings. The molecule has 1 aromatic rings. The summed E-state index contributed by atoms with van der Waals surface area (Å²) < 4.78 is 18.0. The molecule has 0 saturated heterocycles. The van der Waals surface area contributed by atoms with Crippen molar-refractivity contribution in [1.29, 1.82) is 0 Å². The lowest BCUT2D eigenvalue weighted by Gasteiger charge is -2.30. The third kappa shape index (κ3) is 5.34. The predicted molar refractivity (Wildman–Crippen MR) is 85.2 cm³/mol. The summed E-state index contributed by atoms with van der Waals surface area (Å²) in [6, 6.07) is 5.82. The van der Waals surface area contributed by atoms with Gasteiger partial charge in [-0.3, -0.25) is 9.59 Å². The molecule has 0 unspecified atom stereocenters. The van der Waals surface area contributed by atoms with E-state index in [4.69, 9.17) is 4.74 Å². The molecule has 1 aromatic carbocycles. The molecule has 1 amide bonds. The number of carbonyl (C=O) groups is 2. The zero-order chi connectivity index (χ0) is 16.8. The molecule has 0 aliphatic heterocycles. The Morgan fingerprint density at radius 1 is 1.26 bits per heavy atom. The first-order chi connectivity index (χ1) is 11.0. The van der Waals surface area contributed by atoms with Gasteiger partial charge in [0.15, 0.2) is 6.10 Å². The number of amides is 1. The lowest BCUT2D eigenvalue weighted by Crippen LogP contribution is -2.46. The summed E-state index contributed by atoms with van der Waals surface area (Å²) in [6.07, 6.45) is 3.62. The topological polar surface area (TPSA) is 55.4 Å². The second-order valence-electron chi connectivity index (χ2n) is 6.31. The lowest BCUT2D eigenvalue weighted by molar-refractivity contribution is -0.154. The van der Waals surface area contributed by atoms with Gasteiger partial charge in [0.1, 0.15) is 5.82 Å². The van der Waals surface area contributed by atoms with Gasteiger partial charge in [0.2, 0.25) is 0 Å². The molecule has 1 N–H and O–H groups in total. The lowest BCUT2D eigenvalue weighted by atomic mass is 9.86. The number of hydrogen-bond donors (Lipinski definition) is 1. The average Bonchev–Trinajstić information content (AvgIpc) is 2.51. The largest absolute Gasteiger partial charge is 0.452 e. The Morgan fingerprint density at radius 3 is 2.57 bits per heavy atom. The number of halogens is 1. The van der Waals surface area contributed by atoms with Crippen LogP contribution in [0.2, 0.25) is 0 Å². The first-order valence-corrected chi connectivity index (χ1v) is 8.20. The Labute approximate surface area is 136 Å². The van der Waals surface area contributed by atoms with Gasteiger partial charge in [-0.1, -0.05) is 31.9 Å². The van der Waals surface area contributed by atoms with Crippen molar-refractivity contribution in [3.05, 3.63) is 35.6 Å². The zero-order valence-corrected chi connectivity index (χ0v) is 13.7. The molecule has 0 radical (unpaired) electrons. The van der Waals surface area contributed by atoms with E-state index < -0.39 is 12.1 Å². The Kier molecular flexibility index (Phi) is 6.13. The van der Waals surface area contributed by atoms with Gasteiger partial charge < -0.3 is 10.1 Å². The molecular weight excluding hydrogens is 297 g/mol. The van der Waals surface area contributed by atoms with Gasteiger partial charge in [0.25, 0.3) is 5.91 Å². The van der Waals surface area contributed by atoms with Crippen molar-refractivity contribution in [2.45, 2.75) is 58.1 Å². The van der Waals surface area contributed by atoms with Gasteiger partial charge in [-0.2, -0.15) is 0 Å². The van der Waals surface area contributed by atoms with E-state index in [1.807, 2.05) is 0 Å². The van der Waals surface area contributed by atoms with E-state index in [1.165, 1.54) is 30.7 Å². The summed E-state index contributed by atoms with van der Waals surface area (Å²) in [5.74, 6) is -0.640. The number of nitrogens with one attached hydrogen (secondary N) is 1. The van der Waals surface area contributed by atoms with Crippen LogP contribution in [0, 0.1) is 11.7 Å². The molecule has 5 heteroatoms. The molecule has 1 saturated carbocycles. The Balaban J connectivity index is 1.80. The average molecular weight is 321 g/mol. The van der Waals surface area contributed by atoms with Crippen LogP contribution in [0.4, 0.5) is 4.39 Å². The van der Waals surface area contributed by atoms with Gasteiger partial charge in [-0.15, -0.1) is 0 Å². The van der Waals surface area contributed by atoms with E-state index in [1.54, 1.807) is 6.92 Å². The third-order valence-corrected chi connectivity index (χ3v) is 4.38. The van der Waals surface area contributed by atoms with Crippen LogP contribution in [-0.2, 0) is 20.7 Å². The minimum atomic E-state index is -0.822. The van der Waals surface area contributed by atoms with Gasteiger partial charge in [0, 0.05) is 6.04 Å². The predicted octanol–water partition coefficient (Wildman–Crippen LogP) is 2.99. The summed E-state index contributed by atoms with van der Waals surface area (Å²) in [7, 11) is 0. The maximum atomic E-state index is 12.8. The van der Waals surface area contributed by atoms with E-state index >= 15 is 0 Å². The van der Waals surface area contributed by atoms with E-state index in [9.17, 15) is 14.0 Å². The quantitative estimate of drug-likeness (QED) is 0.848. The molecule has 0 heterocycles. The SMILES string of the molecule is C[C@H](OC(=O)Cc1ccc(F)cc1)C(=O)N[C@H]1CCCC[C@@H]1C. The molecule has 126 valence electrons. The van der Waals surface area contributed by atoms with Gasteiger partial charge in [-0.25, -0.2) is 4.39 Å². The van der Waals surface area contributed by atoms with E-state index in [-0.39, 0.29) is 24.2 Å². The van der Waals surface area contributed by atoms with Crippen molar-refractivity contribution >= 4 is 11.9 Å². The smallest absolute Gasteiger partial charge is 0.311 e. The Morgan fingerprint density at radius 2 is 1.91 bits per heavy atom. The van der Waals surface area contributed by atoms with E-state index in [0.29, 0.717) is 11.5 Å². The Bertz CT molecular complexity index is 544. The number of ether oxygens (including phenoxy) is 1. The van der Waals surface area contributed by atoms with Crippen molar-refractivity contribution < 1.29 is 18.7 Å². The van der Waals surface area contributed by atoms with Crippen LogP contribution >= 0.6 is 0 Å². The van der Waals surface area contributed by atoms with Crippen LogP contribution in [0.3, 0.4) is 0 Å². The molecule has 1 aliphatic carbocycles. The summed E-state index contributed by atoms with van der Waals surface area (Å²) in [5, 5.41) is 2.98. The molecular formula is C18H24FNO3. The third-order valence-electron chi connectivity index (χ3n) is 4.38. The molecule has 2 rings (SSSR count). The highest BCUT2D eigenvalue weighted by Gasteiger charge is 2.26. The maximum absolute atomic E-state index is 12.8. The Hall–Kier alpha value is -1.91. The fourth-order valence-corrected chi connectivity index (χ4v) is 2.89.